The summed E-state index contributed by atoms with van der Waals surface area (Å²) >= 11 is 0. The van der Waals surface area contributed by atoms with E-state index in [1.54, 1.807) is 0 Å². The molecule has 21 heavy (non-hydrogen) atoms. The predicted molar refractivity (Wildman–Crippen MR) is 89.7 cm³/mol. The van der Waals surface area contributed by atoms with Crippen LogP contribution in [0.25, 0.3) is 0 Å². The smallest absolute Gasteiger partial charge is 0.0223 e. The second-order valence-electron chi connectivity index (χ2n) is 7.70. The Morgan fingerprint density at radius 3 is 2.57 bits per heavy atom. The molecule has 3 fully saturated rings. The zero-order chi connectivity index (χ0) is 14.7. The lowest BCUT2D eigenvalue weighted by molar-refractivity contribution is 0.185. The molecular weight excluding hydrogens is 258 g/mol. The van der Waals surface area contributed by atoms with Gasteiger partial charge in [0.1, 0.15) is 0 Å². The molecule has 3 rings (SSSR count). The summed E-state index contributed by atoms with van der Waals surface area (Å²) in [6.07, 6.45) is 11.4. The first-order valence-corrected chi connectivity index (χ1v) is 9.45. The van der Waals surface area contributed by atoms with Crippen molar-refractivity contribution >= 4 is 0 Å². The molecule has 3 aliphatic rings. The monoisotopic (exact) mass is 293 g/mol. The van der Waals surface area contributed by atoms with Crippen molar-refractivity contribution in [2.45, 2.75) is 76.4 Å². The predicted octanol–water partition coefficient (Wildman–Crippen LogP) is 2.71. The number of nitrogens with one attached hydrogen (secondary N) is 1. The molecule has 1 N–H and O–H groups in total. The molecule has 0 aromatic carbocycles. The van der Waals surface area contributed by atoms with E-state index in [0.717, 1.165) is 24.0 Å². The Bertz CT molecular complexity index is 314. The molecule has 122 valence electrons. The molecule has 3 atom stereocenters. The molecule has 2 saturated heterocycles. The number of hydrogen-bond acceptors (Lipinski definition) is 3. The van der Waals surface area contributed by atoms with E-state index in [0.29, 0.717) is 0 Å². The van der Waals surface area contributed by atoms with Crippen LogP contribution in [0.5, 0.6) is 0 Å². The number of rotatable bonds is 6. The van der Waals surface area contributed by atoms with E-state index in [-0.39, 0.29) is 0 Å². The normalized spacial score (nSPS) is 33.4. The SMILES string of the molecule is CCCNC(CN1CCC2CCC(C1)N2C)C1CCCC1. The van der Waals surface area contributed by atoms with Gasteiger partial charge in [0.25, 0.3) is 0 Å². The van der Waals surface area contributed by atoms with Crippen molar-refractivity contribution in [1.82, 2.24) is 15.1 Å². The van der Waals surface area contributed by atoms with Crippen molar-refractivity contribution in [3.8, 4) is 0 Å². The molecule has 2 heterocycles. The first-order chi connectivity index (χ1) is 10.3. The van der Waals surface area contributed by atoms with Crippen molar-refractivity contribution < 1.29 is 0 Å². The van der Waals surface area contributed by atoms with Crippen molar-refractivity contribution in [3.05, 3.63) is 0 Å². The zero-order valence-corrected chi connectivity index (χ0v) is 14.2. The summed E-state index contributed by atoms with van der Waals surface area (Å²) in [5, 5.41) is 3.88. The van der Waals surface area contributed by atoms with Gasteiger partial charge in [0.15, 0.2) is 0 Å². The van der Waals surface area contributed by atoms with Gasteiger partial charge >= 0.3 is 0 Å². The quantitative estimate of drug-likeness (QED) is 0.812. The van der Waals surface area contributed by atoms with Crippen LogP contribution in [-0.2, 0) is 0 Å². The van der Waals surface area contributed by atoms with Crippen molar-refractivity contribution in [1.29, 1.82) is 0 Å². The van der Waals surface area contributed by atoms with Crippen LogP contribution in [0.3, 0.4) is 0 Å². The molecule has 0 aromatic rings. The van der Waals surface area contributed by atoms with Gasteiger partial charge in [0.05, 0.1) is 0 Å². The highest BCUT2D eigenvalue weighted by Crippen LogP contribution is 2.31. The minimum Gasteiger partial charge on any atom is -0.312 e. The third kappa shape index (κ3) is 3.80. The molecule has 3 heteroatoms. The second-order valence-corrected chi connectivity index (χ2v) is 7.70. The third-order valence-electron chi connectivity index (χ3n) is 6.31. The molecule has 0 amide bonds. The Morgan fingerprint density at radius 1 is 1.05 bits per heavy atom. The fraction of sp³-hybridized carbons (Fsp3) is 1.00. The van der Waals surface area contributed by atoms with Crippen molar-refractivity contribution in [2.75, 3.05) is 33.2 Å². The summed E-state index contributed by atoms with van der Waals surface area (Å²) in [6.45, 7) is 7.41. The van der Waals surface area contributed by atoms with Gasteiger partial charge in [-0.15, -0.1) is 0 Å². The Labute approximate surface area is 131 Å². The van der Waals surface area contributed by atoms with Crippen LogP contribution in [0.1, 0.15) is 58.3 Å². The van der Waals surface area contributed by atoms with Gasteiger partial charge in [0, 0.05) is 31.2 Å². The third-order valence-corrected chi connectivity index (χ3v) is 6.31. The first kappa shape index (κ1) is 15.8. The molecule has 3 nitrogen and oxygen atoms in total. The lowest BCUT2D eigenvalue weighted by Gasteiger charge is -2.33. The van der Waals surface area contributed by atoms with Gasteiger partial charge < -0.3 is 10.2 Å². The molecule has 0 radical (unpaired) electrons. The van der Waals surface area contributed by atoms with Crippen LogP contribution in [0.2, 0.25) is 0 Å². The number of likely N-dealkylation sites (tertiary alicyclic amines) is 1. The molecule has 1 saturated carbocycles. The summed E-state index contributed by atoms with van der Waals surface area (Å²) < 4.78 is 0. The Hall–Kier alpha value is -0.120. The molecule has 3 unspecified atom stereocenters. The Balaban J connectivity index is 1.56. The minimum atomic E-state index is 0.745. The zero-order valence-electron chi connectivity index (χ0n) is 14.2. The first-order valence-electron chi connectivity index (χ1n) is 9.45. The number of likely N-dealkylation sites (N-methyl/N-ethyl adjacent to an activating group) is 1. The average molecular weight is 293 g/mol. The fourth-order valence-electron chi connectivity index (χ4n) is 4.89. The van der Waals surface area contributed by atoms with Gasteiger partial charge in [-0.05, 0) is 64.6 Å². The van der Waals surface area contributed by atoms with Gasteiger partial charge in [-0.2, -0.15) is 0 Å². The van der Waals surface area contributed by atoms with E-state index in [4.69, 9.17) is 0 Å². The summed E-state index contributed by atoms with van der Waals surface area (Å²) in [5.74, 6) is 0.940. The molecular formula is C18H35N3. The van der Waals surface area contributed by atoms with Crippen LogP contribution in [-0.4, -0.2) is 61.2 Å². The lowest BCUT2D eigenvalue weighted by atomic mass is 9.96. The van der Waals surface area contributed by atoms with Gasteiger partial charge in [-0.3, -0.25) is 4.90 Å². The maximum absolute atomic E-state index is 3.88. The largest absolute Gasteiger partial charge is 0.312 e. The summed E-state index contributed by atoms with van der Waals surface area (Å²) in [7, 11) is 2.36. The topological polar surface area (TPSA) is 18.5 Å². The van der Waals surface area contributed by atoms with Gasteiger partial charge in [0.2, 0.25) is 0 Å². The molecule has 0 spiro atoms. The van der Waals surface area contributed by atoms with Crippen molar-refractivity contribution in [3.63, 3.8) is 0 Å². The maximum Gasteiger partial charge on any atom is 0.0223 e. The number of hydrogen-bond donors (Lipinski definition) is 1. The summed E-state index contributed by atoms with van der Waals surface area (Å²) in [5.41, 5.74) is 0. The molecule has 0 aromatic heterocycles. The average Bonchev–Trinajstić information content (AvgIpc) is 3.07. The molecule has 1 aliphatic carbocycles. The van der Waals surface area contributed by atoms with E-state index in [1.807, 2.05) is 0 Å². The standard InChI is InChI=1S/C18H35N3/c1-3-11-19-18(15-6-4-5-7-15)14-21-12-10-16-8-9-17(13-21)20(16)2/h15-19H,3-14H2,1-2H3. The Kier molecular flexibility index (Phi) is 5.58. The molecule has 2 bridgehead atoms. The maximum atomic E-state index is 3.88. The Morgan fingerprint density at radius 2 is 1.81 bits per heavy atom. The van der Waals surface area contributed by atoms with Crippen LogP contribution in [0, 0.1) is 5.92 Å². The molecule has 2 aliphatic heterocycles. The number of nitrogens with zero attached hydrogens (tertiary/aromatic N) is 2. The number of fused-ring (bicyclic) bond motifs is 2. The fourth-order valence-corrected chi connectivity index (χ4v) is 4.89. The van der Waals surface area contributed by atoms with E-state index in [2.05, 4.69) is 29.1 Å². The highest BCUT2D eigenvalue weighted by molar-refractivity contribution is 4.93. The highest BCUT2D eigenvalue weighted by atomic mass is 15.3. The van der Waals surface area contributed by atoms with E-state index >= 15 is 0 Å². The van der Waals surface area contributed by atoms with Gasteiger partial charge in [-0.1, -0.05) is 19.8 Å². The van der Waals surface area contributed by atoms with Crippen LogP contribution < -0.4 is 5.32 Å². The van der Waals surface area contributed by atoms with Crippen LogP contribution >= 0.6 is 0 Å². The van der Waals surface area contributed by atoms with E-state index in [1.165, 1.54) is 77.5 Å². The lowest BCUT2D eigenvalue weighted by Crippen LogP contribution is -2.47. The second kappa shape index (κ2) is 7.43. The minimum absolute atomic E-state index is 0.745. The summed E-state index contributed by atoms with van der Waals surface area (Å²) in [4.78, 5) is 5.45. The highest BCUT2D eigenvalue weighted by Gasteiger charge is 2.36. The van der Waals surface area contributed by atoms with E-state index in [9.17, 15) is 0 Å². The van der Waals surface area contributed by atoms with Crippen LogP contribution in [0.15, 0.2) is 0 Å². The van der Waals surface area contributed by atoms with E-state index < -0.39 is 0 Å². The summed E-state index contributed by atoms with van der Waals surface area (Å²) in [6, 6.07) is 2.44. The van der Waals surface area contributed by atoms with Crippen LogP contribution in [0.4, 0.5) is 0 Å². The van der Waals surface area contributed by atoms with Crippen molar-refractivity contribution in [2.24, 2.45) is 5.92 Å². The van der Waals surface area contributed by atoms with Gasteiger partial charge in [-0.25, -0.2) is 0 Å².